The van der Waals surface area contributed by atoms with E-state index in [9.17, 15) is 21.2 Å². The summed E-state index contributed by atoms with van der Waals surface area (Å²) in [7, 11) is -9.02. The molecule has 30 heavy (non-hydrogen) atoms. The molecule has 158 valence electrons. The Morgan fingerprint density at radius 2 is 1.30 bits per heavy atom. The molecule has 0 bridgehead atoms. The molecule has 0 saturated heterocycles. The van der Waals surface area contributed by atoms with E-state index in [4.69, 9.17) is 0 Å². The average molecular weight is 466 g/mol. The number of halogens is 1. The molecule has 0 fully saturated rings. The van der Waals surface area contributed by atoms with Crippen LogP contribution in [0.15, 0.2) is 99.6 Å². The Kier molecular flexibility index (Phi) is 6.97. The van der Waals surface area contributed by atoms with E-state index >= 15 is 0 Å². The molecule has 0 spiro atoms. The Morgan fingerprint density at radius 1 is 0.800 bits per heavy atom. The van der Waals surface area contributed by atoms with Crippen LogP contribution in [0.25, 0.3) is 0 Å². The monoisotopic (exact) mass is 465 g/mol. The maximum Gasteiger partial charge on any atom is 0.256 e. The first kappa shape index (κ1) is 22.5. The van der Waals surface area contributed by atoms with Crippen LogP contribution >= 0.6 is 11.8 Å². The fourth-order valence-electron chi connectivity index (χ4n) is 2.74. The van der Waals surface area contributed by atoms with Crippen LogP contribution < -0.4 is 0 Å². The number of alkyl halides is 1. The second kappa shape index (κ2) is 9.30. The molecule has 3 rings (SSSR count). The molecule has 5 nitrogen and oxygen atoms in total. The third-order valence-electron chi connectivity index (χ3n) is 4.16. The number of hydrogen-bond donors (Lipinski definition) is 0. The summed E-state index contributed by atoms with van der Waals surface area (Å²) >= 11 is 0.771. The van der Waals surface area contributed by atoms with Crippen LogP contribution in [0.4, 0.5) is 4.39 Å². The average Bonchev–Trinajstić information content (AvgIpc) is 2.73. The molecule has 3 aromatic carbocycles. The number of nitrogens with zero attached hydrogens (tertiary/aromatic N) is 1. The van der Waals surface area contributed by atoms with E-state index in [1.807, 2.05) is 13.0 Å². The first-order valence-corrected chi connectivity index (χ1v) is 12.7. The first-order valence-electron chi connectivity index (χ1n) is 8.97. The van der Waals surface area contributed by atoms with Crippen molar-refractivity contribution >= 4 is 31.8 Å². The van der Waals surface area contributed by atoms with Crippen molar-refractivity contribution in [1.82, 2.24) is 3.71 Å². The summed E-state index contributed by atoms with van der Waals surface area (Å²) in [6, 6.07) is 21.3. The van der Waals surface area contributed by atoms with Gasteiger partial charge in [-0.05, 0) is 43.3 Å². The van der Waals surface area contributed by atoms with Crippen molar-refractivity contribution < 1.29 is 21.2 Å². The molecule has 0 N–H and O–H groups in total. The Balaban J connectivity index is 2.00. The van der Waals surface area contributed by atoms with Gasteiger partial charge < -0.3 is 0 Å². The first-order chi connectivity index (χ1) is 14.2. The van der Waals surface area contributed by atoms with Gasteiger partial charge >= 0.3 is 0 Å². The van der Waals surface area contributed by atoms with Crippen molar-refractivity contribution in [3.8, 4) is 0 Å². The van der Waals surface area contributed by atoms with E-state index in [1.54, 1.807) is 30.3 Å². The fourth-order valence-corrected chi connectivity index (χ4v) is 7.53. The van der Waals surface area contributed by atoms with Gasteiger partial charge in [0.25, 0.3) is 20.0 Å². The standard InChI is InChI=1S/C21H20FNO4S3/c1-17-9-8-10-18(15-17)28-21(22)16-23(29(24,25)19-11-4-2-5-12-19)30(26,27)20-13-6-3-7-14-20/h2-15,21H,16H2,1H3. The Hall–Kier alpha value is -2.20. The maximum atomic E-state index is 15.0. The van der Waals surface area contributed by atoms with E-state index in [2.05, 4.69) is 0 Å². The van der Waals surface area contributed by atoms with Crippen molar-refractivity contribution in [2.24, 2.45) is 0 Å². The van der Waals surface area contributed by atoms with E-state index < -0.39 is 32.1 Å². The largest absolute Gasteiger partial charge is 0.256 e. The molecule has 9 heteroatoms. The predicted octanol–water partition coefficient (Wildman–Crippen LogP) is 4.46. The second-order valence-electron chi connectivity index (χ2n) is 6.44. The van der Waals surface area contributed by atoms with Gasteiger partial charge in [-0.3, -0.25) is 0 Å². The number of sulfonamides is 2. The van der Waals surface area contributed by atoms with Crippen LogP contribution in [0, 0.1) is 6.92 Å². The molecule has 0 aliphatic rings. The van der Waals surface area contributed by atoms with Crippen molar-refractivity contribution in [3.63, 3.8) is 0 Å². The summed E-state index contributed by atoms with van der Waals surface area (Å²) in [6.45, 7) is 0.996. The molecule has 3 aromatic rings. The van der Waals surface area contributed by atoms with E-state index in [0.717, 1.165) is 17.3 Å². The summed E-state index contributed by atoms with van der Waals surface area (Å²) in [5.41, 5.74) is -0.887. The highest BCUT2D eigenvalue weighted by atomic mass is 32.3. The highest BCUT2D eigenvalue weighted by molar-refractivity contribution is 8.04. The second-order valence-corrected chi connectivity index (χ2v) is 11.6. The van der Waals surface area contributed by atoms with Gasteiger partial charge in [-0.15, -0.1) is 0 Å². The third-order valence-corrected chi connectivity index (χ3v) is 9.38. The zero-order valence-electron chi connectivity index (χ0n) is 16.1. The molecule has 1 unspecified atom stereocenters. The van der Waals surface area contributed by atoms with Gasteiger partial charge in [-0.2, -0.15) is 0 Å². The quantitative estimate of drug-likeness (QED) is 0.459. The minimum atomic E-state index is -4.51. The Bertz CT molecular complexity index is 1130. The van der Waals surface area contributed by atoms with Gasteiger partial charge in [0.15, 0.2) is 5.50 Å². The summed E-state index contributed by atoms with van der Waals surface area (Å²) < 4.78 is 67.9. The SMILES string of the molecule is Cc1cccc(SC(F)CN(S(=O)(=O)c2ccccc2)S(=O)(=O)c2ccccc2)c1. The molecule has 0 saturated carbocycles. The van der Waals surface area contributed by atoms with Crippen LogP contribution in [0.1, 0.15) is 5.56 Å². The molecule has 1 atom stereocenters. The molecule has 0 heterocycles. The van der Waals surface area contributed by atoms with Crippen LogP contribution in [0.2, 0.25) is 0 Å². The minimum Gasteiger partial charge on any atom is -0.234 e. The zero-order chi connectivity index (χ0) is 21.8. The molecule has 0 radical (unpaired) electrons. The van der Waals surface area contributed by atoms with Crippen LogP contribution in [0.3, 0.4) is 0 Å². The topological polar surface area (TPSA) is 71.5 Å². The molecule has 0 aliphatic carbocycles. The van der Waals surface area contributed by atoms with Crippen LogP contribution in [0.5, 0.6) is 0 Å². The molecule has 0 aromatic heterocycles. The maximum absolute atomic E-state index is 15.0. The highest BCUT2D eigenvalue weighted by Gasteiger charge is 2.38. The van der Waals surface area contributed by atoms with Crippen molar-refractivity contribution in [2.45, 2.75) is 27.1 Å². The lowest BCUT2D eigenvalue weighted by atomic mass is 10.2. The third kappa shape index (κ3) is 5.10. The van der Waals surface area contributed by atoms with Gasteiger partial charge in [-0.25, -0.2) is 21.2 Å². The molecule has 0 aliphatic heterocycles. The van der Waals surface area contributed by atoms with Crippen molar-refractivity contribution in [3.05, 3.63) is 90.5 Å². The normalized spacial score (nSPS) is 13.3. The van der Waals surface area contributed by atoms with E-state index in [-0.39, 0.29) is 13.5 Å². The number of benzene rings is 3. The van der Waals surface area contributed by atoms with Crippen LogP contribution in [-0.4, -0.2) is 32.6 Å². The number of rotatable bonds is 8. The van der Waals surface area contributed by atoms with Gasteiger partial charge in [-0.1, -0.05) is 69.6 Å². The lowest BCUT2D eigenvalue weighted by Crippen LogP contribution is -2.40. The Labute approximate surface area is 180 Å². The summed E-state index contributed by atoms with van der Waals surface area (Å²) in [5, 5.41) is 0. The van der Waals surface area contributed by atoms with Crippen molar-refractivity contribution in [2.75, 3.05) is 6.54 Å². The summed E-state index contributed by atoms with van der Waals surface area (Å²) in [5.74, 6) is 0. The number of thioether (sulfide) groups is 1. The predicted molar refractivity (Wildman–Crippen MR) is 116 cm³/mol. The van der Waals surface area contributed by atoms with E-state index in [0.29, 0.717) is 4.90 Å². The van der Waals surface area contributed by atoms with E-state index in [1.165, 1.54) is 48.5 Å². The molecular weight excluding hydrogens is 445 g/mol. The molecular formula is C21H20FNO4S3. The Morgan fingerprint density at radius 3 is 1.77 bits per heavy atom. The van der Waals surface area contributed by atoms with Gasteiger partial charge in [0.1, 0.15) is 0 Å². The lowest BCUT2D eigenvalue weighted by molar-refractivity contribution is 0.394. The highest BCUT2D eigenvalue weighted by Crippen LogP contribution is 2.30. The smallest absolute Gasteiger partial charge is 0.234 e. The zero-order valence-corrected chi connectivity index (χ0v) is 18.5. The number of hydrogen-bond acceptors (Lipinski definition) is 5. The van der Waals surface area contributed by atoms with Gasteiger partial charge in [0.05, 0.1) is 16.3 Å². The lowest BCUT2D eigenvalue weighted by Gasteiger charge is -2.23. The fraction of sp³-hybridized carbons (Fsp3) is 0.143. The summed E-state index contributed by atoms with van der Waals surface area (Å²) in [4.78, 5) is 0.131. The van der Waals surface area contributed by atoms with Gasteiger partial charge in [0.2, 0.25) is 0 Å². The number of aryl methyl sites for hydroxylation is 1. The summed E-state index contributed by atoms with van der Waals surface area (Å²) in [6.07, 6.45) is 0. The minimum absolute atomic E-state index is 0.225. The molecule has 0 amide bonds. The van der Waals surface area contributed by atoms with Crippen LogP contribution in [-0.2, 0) is 20.0 Å². The van der Waals surface area contributed by atoms with Crippen molar-refractivity contribution in [1.29, 1.82) is 0 Å². The van der Waals surface area contributed by atoms with Gasteiger partial charge in [0, 0.05) is 4.90 Å².